The number of benzene rings is 1. The van der Waals surface area contributed by atoms with Crippen molar-refractivity contribution in [2.75, 3.05) is 0 Å². The standard InChI is InChI=1S/C9H5NO/c10-6-7-1-2-8-3-4-11-9(8)5-7/h1-5H. The first-order chi connectivity index (χ1) is 5.40. The van der Waals surface area contributed by atoms with Gasteiger partial charge in [0.1, 0.15) is 5.58 Å². The summed E-state index contributed by atoms with van der Waals surface area (Å²) in [6.07, 6.45) is 1.62. The minimum Gasteiger partial charge on any atom is -0.464 e. The molecule has 0 saturated heterocycles. The molecule has 0 aliphatic rings. The molecule has 0 spiro atoms. The minimum absolute atomic E-state index is 0.632. The van der Waals surface area contributed by atoms with Crippen LogP contribution in [0.2, 0.25) is 0 Å². The van der Waals surface area contributed by atoms with Crippen molar-refractivity contribution in [2.24, 2.45) is 0 Å². The van der Waals surface area contributed by atoms with Crippen molar-refractivity contribution in [1.29, 1.82) is 5.26 Å². The van der Waals surface area contributed by atoms with Gasteiger partial charge in [-0.25, -0.2) is 0 Å². The van der Waals surface area contributed by atoms with Gasteiger partial charge in [-0.05, 0) is 24.3 Å². The summed E-state index contributed by atoms with van der Waals surface area (Å²) in [6.45, 7) is 0. The second-order valence-electron chi connectivity index (χ2n) is 2.29. The molecule has 2 nitrogen and oxygen atoms in total. The highest BCUT2D eigenvalue weighted by Gasteiger charge is 1.96. The van der Waals surface area contributed by atoms with Crippen LogP contribution in [0.4, 0.5) is 0 Å². The van der Waals surface area contributed by atoms with E-state index in [1.807, 2.05) is 18.2 Å². The number of nitriles is 1. The van der Waals surface area contributed by atoms with Crippen LogP contribution in [0, 0.1) is 11.3 Å². The fourth-order valence-electron chi connectivity index (χ4n) is 1.02. The van der Waals surface area contributed by atoms with E-state index in [0.29, 0.717) is 5.56 Å². The lowest BCUT2D eigenvalue weighted by Gasteiger charge is -1.87. The zero-order chi connectivity index (χ0) is 7.68. The second kappa shape index (κ2) is 2.14. The number of fused-ring (bicyclic) bond motifs is 1. The Morgan fingerprint density at radius 3 is 3.00 bits per heavy atom. The molecule has 0 fully saturated rings. The minimum atomic E-state index is 0.632. The molecular weight excluding hydrogens is 138 g/mol. The van der Waals surface area contributed by atoms with Crippen molar-refractivity contribution in [3.05, 3.63) is 36.1 Å². The highest BCUT2D eigenvalue weighted by molar-refractivity contribution is 5.78. The molecule has 0 amide bonds. The highest BCUT2D eigenvalue weighted by atomic mass is 16.3. The quantitative estimate of drug-likeness (QED) is 0.567. The lowest BCUT2D eigenvalue weighted by Crippen LogP contribution is -1.70. The van der Waals surface area contributed by atoms with Crippen molar-refractivity contribution in [1.82, 2.24) is 0 Å². The third-order valence-corrected chi connectivity index (χ3v) is 1.59. The van der Waals surface area contributed by atoms with Gasteiger partial charge in [0.25, 0.3) is 0 Å². The molecule has 2 heteroatoms. The van der Waals surface area contributed by atoms with E-state index in [-0.39, 0.29) is 0 Å². The third-order valence-electron chi connectivity index (χ3n) is 1.59. The summed E-state index contributed by atoms with van der Waals surface area (Å²) in [5.41, 5.74) is 1.40. The van der Waals surface area contributed by atoms with Gasteiger partial charge in [0.15, 0.2) is 0 Å². The molecule has 0 saturated carbocycles. The van der Waals surface area contributed by atoms with Crippen LogP contribution in [0.25, 0.3) is 11.0 Å². The summed E-state index contributed by atoms with van der Waals surface area (Å²) in [4.78, 5) is 0. The van der Waals surface area contributed by atoms with Gasteiger partial charge in [-0.2, -0.15) is 5.26 Å². The molecule has 0 aliphatic carbocycles. The molecule has 1 aromatic heterocycles. The van der Waals surface area contributed by atoms with E-state index >= 15 is 0 Å². The average Bonchev–Trinajstić information content (AvgIpc) is 2.50. The molecule has 0 N–H and O–H groups in total. The number of nitrogens with zero attached hydrogens (tertiary/aromatic N) is 1. The van der Waals surface area contributed by atoms with Gasteiger partial charge in [0, 0.05) is 5.39 Å². The zero-order valence-corrected chi connectivity index (χ0v) is 5.74. The van der Waals surface area contributed by atoms with Crippen LogP contribution in [0.3, 0.4) is 0 Å². The summed E-state index contributed by atoms with van der Waals surface area (Å²) in [5.74, 6) is 0. The highest BCUT2D eigenvalue weighted by Crippen LogP contribution is 2.15. The van der Waals surface area contributed by atoms with E-state index < -0.39 is 0 Å². The lowest BCUT2D eigenvalue weighted by molar-refractivity contribution is 0.616. The Hall–Kier alpha value is -1.75. The van der Waals surface area contributed by atoms with E-state index in [4.69, 9.17) is 9.68 Å². The Kier molecular flexibility index (Phi) is 1.16. The predicted octanol–water partition coefficient (Wildman–Crippen LogP) is 2.30. The molecule has 0 radical (unpaired) electrons. The van der Waals surface area contributed by atoms with Crippen LogP contribution in [0.1, 0.15) is 5.56 Å². The van der Waals surface area contributed by atoms with Crippen molar-refractivity contribution >= 4 is 11.0 Å². The van der Waals surface area contributed by atoms with Crippen LogP contribution in [0.15, 0.2) is 34.9 Å². The maximum Gasteiger partial charge on any atom is 0.135 e. The summed E-state index contributed by atoms with van der Waals surface area (Å²) in [6, 6.07) is 9.30. The first kappa shape index (κ1) is 5.99. The molecule has 0 bridgehead atoms. The van der Waals surface area contributed by atoms with Crippen molar-refractivity contribution in [2.45, 2.75) is 0 Å². The van der Waals surface area contributed by atoms with Gasteiger partial charge in [-0.3, -0.25) is 0 Å². The van der Waals surface area contributed by atoms with E-state index in [9.17, 15) is 0 Å². The van der Waals surface area contributed by atoms with Gasteiger partial charge in [0.2, 0.25) is 0 Å². The topological polar surface area (TPSA) is 36.9 Å². The predicted molar refractivity (Wildman–Crippen MR) is 40.9 cm³/mol. The molecule has 11 heavy (non-hydrogen) atoms. The molecule has 2 aromatic rings. The van der Waals surface area contributed by atoms with Crippen molar-refractivity contribution < 1.29 is 4.42 Å². The van der Waals surface area contributed by atoms with Crippen molar-refractivity contribution in [3.63, 3.8) is 0 Å². The molecule has 1 aromatic carbocycles. The maximum absolute atomic E-state index is 8.54. The second-order valence-corrected chi connectivity index (χ2v) is 2.29. The maximum atomic E-state index is 8.54. The molecule has 0 unspecified atom stereocenters. The SMILES string of the molecule is N#Cc1ccc2ccoc2c1. The van der Waals surface area contributed by atoms with Crippen LogP contribution >= 0.6 is 0 Å². The van der Waals surface area contributed by atoms with E-state index in [2.05, 4.69) is 0 Å². The molecule has 2 rings (SSSR count). The van der Waals surface area contributed by atoms with Crippen LogP contribution in [-0.2, 0) is 0 Å². The smallest absolute Gasteiger partial charge is 0.135 e. The monoisotopic (exact) mass is 143 g/mol. The first-order valence-corrected chi connectivity index (χ1v) is 3.27. The largest absolute Gasteiger partial charge is 0.464 e. The van der Waals surface area contributed by atoms with Gasteiger partial charge < -0.3 is 4.42 Å². The van der Waals surface area contributed by atoms with Gasteiger partial charge in [0.05, 0.1) is 17.9 Å². The number of hydrogen-bond donors (Lipinski definition) is 0. The van der Waals surface area contributed by atoms with E-state index in [1.54, 1.807) is 18.4 Å². The van der Waals surface area contributed by atoms with Crippen LogP contribution < -0.4 is 0 Å². The Morgan fingerprint density at radius 2 is 2.18 bits per heavy atom. The molecular formula is C9H5NO. The van der Waals surface area contributed by atoms with E-state index in [0.717, 1.165) is 11.0 Å². The number of hydrogen-bond acceptors (Lipinski definition) is 2. The zero-order valence-electron chi connectivity index (χ0n) is 5.74. The summed E-state index contributed by atoms with van der Waals surface area (Å²) in [5, 5.41) is 9.57. The number of rotatable bonds is 0. The van der Waals surface area contributed by atoms with Gasteiger partial charge >= 0.3 is 0 Å². The Morgan fingerprint density at radius 1 is 1.27 bits per heavy atom. The molecule has 0 atom stereocenters. The van der Waals surface area contributed by atoms with Crippen LogP contribution in [0.5, 0.6) is 0 Å². The summed E-state index contributed by atoms with van der Waals surface area (Å²) in [7, 11) is 0. The fourth-order valence-corrected chi connectivity index (χ4v) is 1.02. The lowest BCUT2D eigenvalue weighted by atomic mass is 10.2. The molecule has 52 valence electrons. The number of furan rings is 1. The normalized spacial score (nSPS) is 9.73. The summed E-state index contributed by atoms with van der Waals surface area (Å²) < 4.78 is 5.11. The molecule has 1 heterocycles. The fraction of sp³-hybridized carbons (Fsp3) is 0. The average molecular weight is 143 g/mol. The Bertz CT molecular complexity index is 422. The third kappa shape index (κ3) is 0.870. The first-order valence-electron chi connectivity index (χ1n) is 3.27. The summed E-state index contributed by atoms with van der Waals surface area (Å²) >= 11 is 0. The van der Waals surface area contributed by atoms with Gasteiger partial charge in [-0.1, -0.05) is 0 Å². The van der Waals surface area contributed by atoms with Gasteiger partial charge in [-0.15, -0.1) is 0 Å². The van der Waals surface area contributed by atoms with Crippen LogP contribution in [-0.4, -0.2) is 0 Å². The van der Waals surface area contributed by atoms with E-state index in [1.165, 1.54) is 0 Å². The van der Waals surface area contributed by atoms with Crippen molar-refractivity contribution in [3.8, 4) is 6.07 Å². The Balaban J connectivity index is 2.79. The Labute approximate surface area is 63.7 Å². The molecule has 0 aliphatic heterocycles.